The summed E-state index contributed by atoms with van der Waals surface area (Å²) in [5.74, 6) is 0.569. The van der Waals surface area contributed by atoms with Gasteiger partial charge in [-0.05, 0) is 31.9 Å². The second kappa shape index (κ2) is 10.5. The predicted octanol–water partition coefficient (Wildman–Crippen LogP) is 4.42. The Bertz CT molecular complexity index is 807. The monoisotopic (exact) mass is 539 g/mol. The van der Waals surface area contributed by atoms with Crippen LogP contribution in [0.25, 0.3) is 0 Å². The smallest absolute Gasteiger partial charge is 0.369 e. The minimum absolute atomic E-state index is 0. The highest BCUT2D eigenvalue weighted by molar-refractivity contribution is 14.0. The van der Waals surface area contributed by atoms with Gasteiger partial charge < -0.3 is 15.5 Å². The van der Waals surface area contributed by atoms with E-state index in [0.29, 0.717) is 11.0 Å². The Labute approximate surface area is 189 Å². The van der Waals surface area contributed by atoms with E-state index in [9.17, 15) is 13.2 Å². The van der Waals surface area contributed by atoms with Crippen LogP contribution in [0.4, 0.5) is 18.9 Å². The Hall–Kier alpha value is -1.56. The van der Waals surface area contributed by atoms with Gasteiger partial charge in [0, 0.05) is 37.2 Å². The van der Waals surface area contributed by atoms with Crippen molar-refractivity contribution >= 4 is 47.0 Å². The third-order valence-electron chi connectivity index (χ3n) is 4.63. The van der Waals surface area contributed by atoms with Crippen molar-refractivity contribution in [3.63, 3.8) is 0 Å². The fourth-order valence-corrected chi connectivity index (χ4v) is 3.90. The van der Waals surface area contributed by atoms with Crippen molar-refractivity contribution in [2.24, 2.45) is 4.99 Å². The number of nitrogens with zero attached hydrogens (tertiary/aromatic N) is 3. The molecule has 0 spiro atoms. The molecule has 0 bridgehead atoms. The van der Waals surface area contributed by atoms with E-state index in [2.05, 4.69) is 56.7 Å². The molecule has 1 aromatic heterocycles. The molecule has 1 atom stereocenters. The van der Waals surface area contributed by atoms with Crippen LogP contribution < -0.4 is 15.5 Å². The molecular formula is C19H25F3IN5S. The maximum Gasteiger partial charge on any atom is 0.434 e. The molecule has 29 heavy (non-hydrogen) atoms. The molecule has 5 nitrogen and oxygen atoms in total. The summed E-state index contributed by atoms with van der Waals surface area (Å²) in [6.45, 7) is 4.13. The van der Waals surface area contributed by atoms with Crippen LogP contribution in [0.3, 0.4) is 0 Å². The van der Waals surface area contributed by atoms with E-state index in [1.54, 1.807) is 7.05 Å². The molecule has 1 saturated heterocycles. The van der Waals surface area contributed by atoms with Crippen molar-refractivity contribution in [1.29, 1.82) is 0 Å². The zero-order valence-corrected chi connectivity index (χ0v) is 19.4. The van der Waals surface area contributed by atoms with Crippen molar-refractivity contribution in [2.75, 3.05) is 25.0 Å². The first-order valence-electron chi connectivity index (χ1n) is 9.15. The van der Waals surface area contributed by atoms with Gasteiger partial charge in [0.05, 0.1) is 6.54 Å². The lowest BCUT2D eigenvalue weighted by atomic mass is 10.0. The molecule has 1 aliphatic rings. The van der Waals surface area contributed by atoms with Gasteiger partial charge in [-0.3, -0.25) is 4.99 Å². The summed E-state index contributed by atoms with van der Waals surface area (Å²) in [5, 5.41) is 7.85. The first-order valence-corrected chi connectivity index (χ1v) is 10.0. The molecule has 160 valence electrons. The lowest BCUT2D eigenvalue weighted by Gasteiger charge is -2.35. The summed E-state index contributed by atoms with van der Waals surface area (Å²) in [6, 6.07) is 8.69. The molecular weight excluding hydrogens is 514 g/mol. The standard InChI is InChI=1S/C19H24F3N5S.HI/c1-13-5-7-15(8-6-13)27-9-3-4-14(11-27)25-18(23-2)24-10-17-26-16(12-28-17)19(20,21)22;/h5-8,12,14H,3-4,9-11H2,1-2H3,(H2,23,24,25);1H. The number of alkyl halides is 3. The Morgan fingerprint density at radius 1 is 1.31 bits per heavy atom. The maximum absolute atomic E-state index is 12.7. The van der Waals surface area contributed by atoms with Gasteiger partial charge in [-0.15, -0.1) is 35.3 Å². The maximum atomic E-state index is 12.7. The molecule has 1 fully saturated rings. The quantitative estimate of drug-likeness (QED) is 0.343. The summed E-state index contributed by atoms with van der Waals surface area (Å²) in [7, 11) is 1.65. The summed E-state index contributed by atoms with van der Waals surface area (Å²) in [4.78, 5) is 10.2. The molecule has 2 heterocycles. The molecule has 2 N–H and O–H groups in total. The van der Waals surface area contributed by atoms with Gasteiger partial charge in [0.15, 0.2) is 11.7 Å². The molecule has 1 unspecified atom stereocenters. The zero-order valence-electron chi connectivity index (χ0n) is 16.3. The lowest BCUT2D eigenvalue weighted by Crippen LogP contribution is -2.51. The second-order valence-corrected chi connectivity index (χ2v) is 7.76. The van der Waals surface area contributed by atoms with Crippen molar-refractivity contribution in [3.05, 3.63) is 45.9 Å². The molecule has 2 aromatic rings. The van der Waals surface area contributed by atoms with E-state index in [0.717, 1.165) is 42.6 Å². The van der Waals surface area contributed by atoms with E-state index < -0.39 is 11.9 Å². The number of aromatic nitrogens is 1. The highest BCUT2D eigenvalue weighted by Gasteiger charge is 2.33. The average molecular weight is 539 g/mol. The number of piperidine rings is 1. The van der Waals surface area contributed by atoms with Crippen LogP contribution in [0.15, 0.2) is 34.6 Å². The SMILES string of the molecule is CN=C(NCc1nc(C(F)(F)F)cs1)NC1CCCN(c2ccc(C)cc2)C1.I. The van der Waals surface area contributed by atoms with Crippen molar-refractivity contribution in [2.45, 2.75) is 38.5 Å². The molecule has 10 heteroatoms. The van der Waals surface area contributed by atoms with Crippen LogP contribution in [0.2, 0.25) is 0 Å². The Morgan fingerprint density at radius 2 is 2.03 bits per heavy atom. The fourth-order valence-electron chi connectivity index (χ4n) is 3.15. The highest BCUT2D eigenvalue weighted by Crippen LogP contribution is 2.29. The number of hydrogen-bond donors (Lipinski definition) is 2. The first-order chi connectivity index (χ1) is 13.3. The normalized spacial score (nSPS) is 17.6. The van der Waals surface area contributed by atoms with Crippen LogP contribution in [0.5, 0.6) is 0 Å². The Balaban J connectivity index is 0.00000300. The van der Waals surface area contributed by atoms with Crippen LogP contribution >= 0.6 is 35.3 Å². The van der Waals surface area contributed by atoms with Gasteiger partial charge in [0.1, 0.15) is 5.01 Å². The summed E-state index contributed by atoms with van der Waals surface area (Å²) in [6.07, 6.45) is -2.33. The molecule has 3 rings (SSSR count). The van der Waals surface area contributed by atoms with Gasteiger partial charge in [0.2, 0.25) is 0 Å². The van der Waals surface area contributed by atoms with Crippen molar-refractivity contribution < 1.29 is 13.2 Å². The van der Waals surface area contributed by atoms with E-state index in [1.165, 1.54) is 11.3 Å². The minimum atomic E-state index is -4.41. The van der Waals surface area contributed by atoms with E-state index in [1.807, 2.05) is 0 Å². The first kappa shape index (κ1) is 23.7. The highest BCUT2D eigenvalue weighted by atomic mass is 127. The molecule has 0 saturated carbocycles. The molecule has 1 aliphatic heterocycles. The van der Waals surface area contributed by atoms with Gasteiger partial charge in [-0.2, -0.15) is 13.2 Å². The van der Waals surface area contributed by atoms with E-state index in [4.69, 9.17) is 0 Å². The number of aliphatic imine (C=N–C) groups is 1. The van der Waals surface area contributed by atoms with Crippen LogP contribution in [0.1, 0.15) is 29.1 Å². The zero-order chi connectivity index (χ0) is 20.1. The molecule has 0 amide bonds. The molecule has 0 aliphatic carbocycles. The molecule has 1 aromatic carbocycles. The van der Waals surface area contributed by atoms with Crippen molar-refractivity contribution in [1.82, 2.24) is 15.6 Å². The van der Waals surface area contributed by atoms with E-state index >= 15 is 0 Å². The number of halogens is 4. The number of rotatable bonds is 4. The van der Waals surface area contributed by atoms with Gasteiger partial charge in [0.25, 0.3) is 0 Å². The largest absolute Gasteiger partial charge is 0.434 e. The third-order valence-corrected chi connectivity index (χ3v) is 5.48. The topological polar surface area (TPSA) is 52.6 Å². The number of aryl methyl sites for hydroxylation is 1. The summed E-state index contributed by atoms with van der Waals surface area (Å²) >= 11 is 0.989. The van der Waals surface area contributed by atoms with Gasteiger partial charge >= 0.3 is 6.18 Å². The minimum Gasteiger partial charge on any atom is -0.369 e. The number of anilines is 1. The number of thiazole rings is 1. The second-order valence-electron chi connectivity index (χ2n) is 6.82. The van der Waals surface area contributed by atoms with Crippen LogP contribution in [0, 0.1) is 6.92 Å². The number of hydrogen-bond acceptors (Lipinski definition) is 4. The summed E-state index contributed by atoms with van der Waals surface area (Å²) in [5.41, 5.74) is 1.58. The lowest BCUT2D eigenvalue weighted by molar-refractivity contribution is -0.140. The van der Waals surface area contributed by atoms with Crippen LogP contribution in [-0.4, -0.2) is 37.1 Å². The third kappa shape index (κ3) is 6.73. The Kier molecular flexibility index (Phi) is 8.56. The van der Waals surface area contributed by atoms with Gasteiger partial charge in [-0.25, -0.2) is 4.98 Å². The van der Waals surface area contributed by atoms with E-state index in [-0.39, 0.29) is 36.6 Å². The number of guanidine groups is 1. The fraction of sp³-hybridized carbons (Fsp3) is 0.474. The molecule has 0 radical (unpaired) electrons. The van der Waals surface area contributed by atoms with Gasteiger partial charge in [-0.1, -0.05) is 17.7 Å². The predicted molar refractivity (Wildman–Crippen MR) is 122 cm³/mol. The average Bonchev–Trinajstić information content (AvgIpc) is 3.15. The number of benzene rings is 1. The Morgan fingerprint density at radius 3 is 2.66 bits per heavy atom. The van der Waals surface area contributed by atoms with Crippen LogP contribution in [-0.2, 0) is 12.7 Å². The summed E-state index contributed by atoms with van der Waals surface area (Å²) < 4.78 is 38.0. The number of nitrogens with one attached hydrogen (secondary N) is 2. The van der Waals surface area contributed by atoms with Crippen molar-refractivity contribution in [3.8, 4) is 0 Å².